The van der Waals surface area contributed by atoms with Crippen molar-refractivity contribution in [3.05, 3.63) is 65.5 Å². The Morgan fingerprint density at radius 1 is 1.25 bits per heavy atom. The zero-order chi connectivity index (χ0) is 13.8. The van der Waals surface area contributed by atoms with Crippen LogP contribution in [0, 0.1) is 6.92 Å². The molecule has 0 bridgehead atoms. The summed E-state index contributed by atoms with van der Waals surface area (Å²) < 4.78 is 0. The molecule has 1 atom stereocenters. The number of nitrogens with zero attached hydrogens (tertiary/aromatic N) is 2. The third kappa shape index (κ3) is 3.24. The van der Waals surface area contributed by atoms with E-state index in [1.54, 1.807) is 0 Å². The molecule has 1 aliphatic heterocycles. The fourth-order valence-electron chi connectivity index (χ4n) is 2.83. The molecule has 1 aliphatic rings. The molecule has 0 amide bonds. The highest BCUT2D eigenvalue weighted by Gasteiger charge is 2.20. The van der Waals surface area contributed by atoms with E-state index in [-0.39, 0.29) is 0 Å². The van der Waals surface area contributed by atoms with E-state index < -0.39 is 0 Å². The summed E-state index contributed by atoms with van der Waals surface area (Å²) in [5, 5.41) is 3.61. The van der Waals surface area contributed by atoms with Gasteiger partial charge in [-0.25, -0.2) is 0 Å². The van der Waals surface area contributed by atoms with Gasteiger partial charge in [-0.05, 0) is 23.6 Å². The van der Waals surface area contributed by atoms with Gasteiger partial charge in [-0.2, -0.15) is 0 Å². The van der Waals surface area contributed by atoms with Gasteiger partial charge in [0.15, 0.2) is 0 Å². The molecule has 0 saturated carbocycles. The lowest BCUT2D eigenvalue weighted by Crippen LogP contribution is -2.45. The maximum atomic E-state index is 4.28. The van der Waals surface area contributed by atoms with Gasteiger partial charge in [0.05, 0.1) is 0 Å². The zero-order valence-corrected chi connectivity index (χ0v) is 11.9. The lowest BCUT2D eigenvalue weighted by atomic mass is 10.0. The van der Waals surface area contributed by atoms with Crippen LogP contribution in [0.4, 0.5) is 0 Å². The van der Waals surface area contributed by atoms with Gasteiger partial charge in [0.25, 0.3) is 0 Å². The van der Waals surface area contributed by atoms with Crippen LogP contribution in [-0.2, 0) is 6.54 Å². The molecule has 3 nitrogen and oxygen atoms in total. The van der Waals surface area contributed by atoms with Gasteiger partial charge in [-0.3, -0.25) is 9.88 Å². The Bertz CT molecular complexity index is 553. The number of aromatic nitrogens is 1. The minimum absolute atomic E-state index is 0.433. The second-order valence-electron chi connectivity index (χ2n) is 5.52. The number of piperazine rings is 1. The van der Waals surface area contributed by atoms with Gasteiger partial charge in [-0.1, -0.05) is 36.4 Å². The van der Waals surface area contributed by atoms with Crippen molar-refractivity contribution in [2.45, 2.75) is 19.5 Å². The standard InChI is InChI=1S/C17H21N3/c1-14-9-15(11-18-10-14)12-20-8-7-19-17(13-20)16-5-3-2-4-6-16/h2-6,9-11,17,19H,7-8,12-13H2,1H3. The van der Waals surface area contributed by atoms with E-state index in [1.165, 1.54) is 16.7 Å². The monoisotopic (exact) mass is 267 g/mol. The number of nitrogens with one attached hydrogen (secondary N) is 1. The molecule has 1 aromatic carbocycles. The van der Waals surface area contributed by atoms with Crippen molar-refractivity contribution < 1.29 is 0 Å². The molecule has 1 fully saturated rings. The first-order valence-electron chi connectivity index (χ1n) is 7.22. The van der Waals surface area contributed by atoms with Crippen molar-refractivity contribution in [3.8, 4) is 0 Å². The van der Waals surface area contributed by atoms with Crippen molar-refractivity contribution in [2.75, 3.05) is 19.6 Å². The van der Waals surface area contributed by atoms with E-state index in [0.29, 0.717) is 6.04 Å². The second kappa shape index (κ2) is 6.16. The molecule has 104 valence electrons. The Morgan fingerprint density at radius 2 is 2.10 bits per heavy atom. The van der Waals surface area contributed by atoms with E-state index in [0.717, 1.165) is 26.2 Å². The van der Waals surface area contributed by atoms with Crippen molar-refractivity contribution in [2.24, 2.45) is 0 Å². The van der Waals surface area contributed by atoms with E-state index in [9.17, 15) is 0 Å². The fourth-order valence-corrected chi connectivity index (χ4v) is 2.83. The van der Waals surface area contributed by atoms with Gasteiger partial charge in [0, 0.05) is 44.6 Å². The van der Waals surface area contributed by atoms with Crippen molar-refractivity contribution >= 4 is 0 Å². The molecule has 0 radical (unpaired) electrons. The first kappa shape index (κ1) is 13.3. The summed E-state index contributed by atoms with van der Waals surface area (Å²) in [5.74, 6) is 0. The van der Waals surface area contributed by atoms with Crippen LogP contribution in [0.1, 0.15) is 22.7 Å². The Balaban J connectivity index is 1.66. The molecule has 20 heavy (non-hydrogen) atoms. The zero-order valence-electron chi connectivity index (χ0n) is 11.9. The molecule has 2 heterocycles. The maximum absolute atomic E-state index is 4.28. The number of rotatable bonds is 3. The molecule has 2 aromatic rings. The molecule has 1 N–H and O–H groups in total. The first-order chi connectivity index (χ1) is 9.81. The third-order valence-electron chi connectivity index (χ3n) is 3.80. The van der Waals surface area contributed by atoms with Crippen LogP contribution in [0.15, 0.2) is 48.8 Å². The molecule has 3 heteroatoms. The number of hydrogen-bond donors (Lipinski definition) is 1. The molecule has 3 rings (SSSR count). The Morgan fingerprint density at radius 3 is 2.90 bits per heavy atom. The lowest BCUT2D eigenvalue weighted by Gasteiger charge is -2.34. The molecular weight excluding hydrogens is 246 g/mol. The minimum Gasteiger partial charge on any atom is -0.308 e. The maximum Gasteiger partial charge on any atom is 0.0449 e. The van der Waals surface area contributed by atoms with Crippen LogP contribution >= 0.6 is 0 Å². The summed E-state index contributed by atoms with van der Waals surface area (Å²) in [7, 11) is 0. The largest absolute Gasteiger partial charge is 0.308 e. The molecule has 1 unspecified atom stereocenters. The second-order valence-corrected chi connectivity index (χ2v) is 5.52. The van der Waals surface area contributed by atoms with Crippen LogP contribution in [0.5, 0.6) is 0 Å². The highest BCUT2D eigenvalue weighted by atomic mass is 15.2. The van der Waals surface area contributed by atoms with Crippen LogP contribution in [0.2, 0.25) is 0 Å². The molecule has 1 saturated heterocycles. The highest BCUT2D eigenvalue weighted by molar-refractivity contribution is 5.20. The quantitative estimate of drug-likeness (QED) is 0.926. The van der Waals surface area contributed by atoms with Gasteiger partial charge in [-0.15, -0.1) is 0 Å². The molecule has 0 spiro atoms. The smallest absolute Gasteiger partial charge is 0.0449 e. The number of hydrogen-bond acceptors (Lipinski definition) is 3. The number of aryl methyl sites for hydroxylation is 1. The predicted octanol–water partition coefficient (Wildman–Crippen LogP) is 2.54. The van der Waals surface area contributed by atoms with Crippen molar-refractivity contribution in [3.63, 3.8) is 0 Å². The first-order valence-corrected chi connectivity index (χ1v) is 7.22. The minimum atomic E-state index is 0.433. The average molecular weight is 267 g/mol. The number of pyridine rings is 1. The normalized spacial score (nSPS) is 19.9. The van der Waals surface area contributed by atoms with Crippen molar-refractivity contribution in [1.29, 1.82) is 0 Å². The van der Waals surface area contributed by atoms with Crippen LogP contribution in [0.3, 0.4) is 0 Å². The lowest BCUT2D eigenvalue weighted by molar-refractivity contribution is 0.193. The fraction of sp³-hybridized carbons (Fsp3) is 0.353. The molecule has 1 aromatic heterocycles. The van der Waals surface area contributed by atoms with Crippen LogP contribution in [-0.4, -0.2) is 29.5 Å². The van der Waals surface area contributed by atoms with Gasteiger partial charge in [0.2, 0.25) is 0 Å². The summed E-state index contributed by atoms with van der Waals surface area (Å²) in [6, 6.07) is 13.4. The summed E-state index contributed by atoms with van der Waals surface area (Å²) in [5.41, 5.74) is 3.91. The average Bonchev–Trinajstić information content (AvgIpc) is 2.48. The highest BCUT2D eigenvalue weighted by Crippen LogP contribution is 2.18. The van der Waals surface area contributed by atoms with Gasteiger partial charge >= 0.3 is 0 Å². The SMILES string of the molecule is Cc1cncc(CN2CCNC(c3ccccc3)C2)c1. The van der Waals surface area contributed by atoms with Crippen molar-refractivity contribution in [1.82, 2.24) is 15.2 Å². The Labute approximate surface area is 120 Å². The predicted molar refractivity (Wildman–Crippen MR) is 81.4 cm³/mol. The van der Waals surface area contributed by atoms with Crippen LogP contribution < -0.4 is 5.32 Å². The Kier molecular flexibility index (Phi) is 4.09. The van der Waals surface area contributed by atoms with Crippen LogP contribution in [0.25, 0.3) is 0 Å². The molecule has 0 aliphatic carbocycles. The van der Waals surface area contributed by atoms with Gasteiger partial charge < -0.3 is 5.32 Å². The van der Waals surface area contributed by atoms with E-state index >= 15 is 0 Å². The van der Waals surface area contributed by atoms with E-state index in [4.69, 9.17) is 0 Å². The topological polar surface area (TPSA) is 28.2 Å². The summed E-state index contributed by atoms with van der Waals surface area (Å²) in [6.07, 6.45) is 3.89. The van der Waals surface area contributed by atoms with E-state index in [1.807, 2.05) is 12.4 Å². The summed E-state index contributed by atoms with van der Waals surface area (Å²) >= 11 is 0. The van der Waals surface area contributed by atoms with Gasteiger partial charge in [0.1, 0.15) is 0 Å². The third-order valence-corrected chi connectivity index (χ3v) is 3.80. The molecular formula is C17H21N3. The Hall–Kier alpha value is -1.71. The van der Waals surface area contributed by atoms with E-state index in [2.05, 4.69) is 58.5 Å². The number of benzene rings is 1. The summed E-state index contributed by atoms with van der Waals surface area (Å²) in [4.78, 5) is 6.79. The summed E-state index contributed by atoms with van der Waals surface area (Å²) in [6.45, 7) is 6.27.